The lowest BCUT2D eigenvalue weighted by molar-refractivity contribution is -0.124. The van der Waals surface area contributed by atoms with Gasteiger partial charge in [0.15, 0.2) is 0 Å². The van der Waals surface area contributed by atoms with Gasteiger partial charge in [0.05, 0.1) is 12.9 Å². The van der Waals surface area contributed by atoms with Crippen LogP contribution in [0.3, 0.4) is 0 Å². The molecule has 9 nitrogen and oxygen atoms in total. The summed E-state index contributed by atoms with van der Waals surface area (Å²) in [5.41, 5.74) is 0.717. The molecule has 0 bridgehead atoms. The van der Waals surface area contributed by atoms with Gasteiger partial charge in [0.25, 0.3) is 0 Å². The maximum absolute atomic E-state index is 13.3. The molecule has 0 radical (unpaired) electrons. The number of methoxy groups -OCH3 is 1. The fourth-order valence-electron chi connectivity index (χ4n) is 5.26. The molecule has 11 heteroatoms. The maximum atomic E-state index is 13.3. The number of nitrogens with zero attached hydrogens (tertiary/aromatic N) is 1. The highest BCUT2D eigenvalue weighted by Gasteiger charge is 2.35. The number of ether oxygens (including phenoxy) is 1. The molecule has 3 N–H and O–H groups in total. The van der Waals surface area contributed by atoms with E-state index in [1.807, 2.05) is 6.92 Å². The topological polar surface area (TPSA) is 117 Å². The van der Waals surface area contributed by atoms with E-state index in [1.54, 1.807) is 16.4 Å². The van der Waals surface area contributed by atoms with E-state index in [0.717, 1.165) is 32.1 Å². The van der Waals surface area contributed by atoms with Gasteiger partial charge in [-0.2, -0.15) is 4.31 Å². The van der Waals surface area contributed by atoms with E-state index in [4.69, 9.17) is 0 Å². The van der Waals surface area contributed by atoms with Gasteiger partial charge in [-0.25, -0.2) is 17.6 Å². The Morgan fingerprint density at radius 1 is 1.22 bits per heavy atom. The van der Waals surface area contributed by atoms with E-state index in [-0.39, 0.29) is 41.9 Å². The van der Waals surface area contributed by atoms with Crippen LogP contribution in [-0.4, -0.2) is 75.3 Å². The molecule has 1 saturated heterocycles. The summed E-state index contributed by atoms with van der Waals surface area (Å²) < 4.78 is 45.1. The Labute approximate surface area is 213 Å². The van der Waals surface area contributed by atoms with Crippen molar-refractivity contribution in [1.29, 1.82) is 0 Å². The summed E-state index contributed by atoms with van der Waals surface area (Å²) in [5.74, 6) is -0.290. The Bertz CT molecular complexity index is 975. The third kappa shape index (κ3) is 7.88. The smallest absolute Gasteiger partial charge is 0.407 e. The van der Waals surface area contributed by atoms with Crippen molar-refractivity contribution in [2.75, 3.05) is 32.5 Å². The van der Waals surface area contributed by atoms with E-state index >= 15 is 0 Å². The minimum Gasteiger partial charge on any atom is -0.453 e. The number of hydrogen-bond donors (Lipinski definition) is 3. The molecule has 3 rings (SSSR count). The maximum Gasteiger partial charge on any atom is 0.407 e. The monoisotopic (exact) mass is 526 g/mol. The van der Waals surface area contributed by atoms with Gasteiger partial charge in [0.2, 0.25) is 15.9 Å². The van der Waals surface area contributed by atoms with Gasteiger partial charge in [0.1, 0.15) is 11.9 Å². The zero-order valence-corrected chi connectivity index (χ0v) is 22.0. The molecule has 36 heavy (non-hydrogen) atoms. The number of nitrogens with one attached hydrogen (secondary N) is 3. The van der Waals surface area contributed by atoms with Crippen molar-refractivity contribution in [2.24, 2.45) is 5.92 Å². The van der Waals surface area contributed by atoms with Gasteiger partial charge in [-0.3, -0.25) is 4.79 Å². The highest BCUT2D eigenvalue weighted by atomic mass is 32.2. The van der Waals surface area contributed by atoms with Crippen molar-refractivity contribution in [2.45, 2.75) is 70.0 Å². The summed E-state index contributed by atoms with van der Waals surface area (Å²) in [7, 11) is -2.04. The third-order valence-corrected chi connectivity index (χ3v) is 9.24. The first-order chi connectivity index (χ1) is 17.2. The number of sulfonamides is 1. The fourth-order valence-corrected chi connectivity index (χ4v) is 7.01. The number of hydrogen-bond acceptors (Lipinski definition) is 6. The first-order valence-corrected chi connectivity index (χ1v) is 14.4. The second-order valence-corrected chi connectivity index (χ2v) is 11.7. The average molecular weight is 527 g/mol. The summed E-state index contributed by atoms with van der Waals surface area (Å²) in [6, 6.07) is 4.82. The predicted octanol–water partition coefficient (Wildman–Crippen LogP) is 2.17. The molecule has 2 fully saturated rings. The van der Waals surface area contributed by atoms with Crippen LogP contribution < -0.4 is 16.0 Å². The molecule has 1 saturated carbocycles. The lowest BCUT2D eigenvalue weighted by Gasteiger charge is -2.36. The average Bonchev–Trinajstić information content (AvgIpc) is 3.30. The van der Waals surface area contributed by atoms with Crippen molar-refractivity contribution >= 4 is 22.0 Å². The number of rotatable bonds is 11. The van der Waals surface area contributed by atoms with Crippen molar-refractivity contribution in [3.63, 3.8) is 0 Å². The van der Waals surface area contributed by atoms with E-state index in [1.165, 1.54) is 19.2 Å². The van der Waals surface area contributed by atoms with E-state index < -0.39 is 22.2 Å². The summed E-state index contributed by atoms with van der Waals surface area (Å²) in [4.78, 5) is 25.1. The Kier molecular flexibility index (Phi) is 10.5. The number of piperazine rings is 1. The first kappa shape index (κ1) is 28.3. The number of benzene rings is 1. The van der Waals surface area contributed by atoms with Gasteiger partial charge in [-0.15, -0.1) is 0 Å². The van der Waals surface area contributed by atoms with Gasteiger partial charge in [-0.1, -0.05) is 25.5 Å². The number of alkyl carbamates (subject to hydrolysis) is 1. The molecule has 2 amide bonds. The standard InChI is InChI=1S/C25H39FN4O5S/c1-3-15-36(33,34)30-14-13-27-17-21(30)12-9-19-5-4-6-22(19)28-24(31)23(29-25(32)35-2)16-18-7-10-20(26)11-8-18/h7-8,10-11,19,21-23,27H,3-6,9,12-17H2,1-2H3,(H,28,31)(H,29,32)/t19-,21+,22+,23+/m1/s1. The highest BCUT2D eigenvalue weighted by Crippen LogP contribution is 2.31. The number of carbonyl (C=O) groups is 2. The van der Waals surface area contributed by atoms with Gasteiger partial charge in [-0.05, 0) is 55.7 Å². The Morgan fingerprint density at radius 2 is 1.97 bits per heavy atom. The molecule has 1 aromatic rings. The largest absolute Gasteiger partial charge is 0.453 e. The van der Waals surface area contributed by atoms with Gasteiger partial charge in [0, 0.05) is 38.1 Å². The minimum atomic E-state index is -3.27. The SMILES string of the molecule is CCCS(=O)(=O)N1CCNC[C@@H]1CC[C@H]1CCC[C@@H]1NC(=O)[C@H](Cc1ccc(F)cc1)NC(=O)OC. The Hall–Kier alpha value is -2.24. The van der Waals surface area contributed by atoms with Crippen LogP contribution in [0.25, 0.3) is 0 Å². The summed E-state index contributed by atoms with van der Waals surface area (Å²) in [5, 5.41) is 9.01. The van der Waals surface area contributed by atoms with Crippen LogP contribution in [0.4, 0.5) is 9.18 Å². The quantitative estimate of drug-likeness (QED) is 0.407. The van der Waals surface area contributed by atoms with Gasteiger partial charge < -0.3 is 20.7 Å². The molecule has 4 atom stereocenters. The highest BCUT2D eigenvalue weighted by molar-refractivity contribution is 7.89. The van der Waals surface area contributed by atoms with Crippen LogP contribution in [0.1, 0.15) is 51.0 Å². The molecule has 0 aromatic heterocycles. The molecule has 0 unspecified atom stereocenters. The molecule has 1 aromatic carbocycles. The fraction of sp³-hybridized carbons (Fsp3) is 0.680. The predicted molar refractivity (Wildman–Crippen MR) is 135 cm³/mol. The molecule has 202 valence electrons. The molecule has 0 spiro atoms. The zero-order valence-electron chi connectivity index (χ0n) is 21.2. The van der Waals surface area contributed by atoms with Crippen molar-refractivity contribution in [3.8, 4) is 0 Å². The number of halogens is 1. The van der Waals surface area contributed by atoms with Crippen molar-refractivity contribution < 1.29 is 27.1 Å². The lowest BCUT2D eigenvalue weighted by Crippen LogP contribution is -2.54. The first-order valence-electron chi connectivity index (χ1n) is 12.8. The van der Waals surface area contributed by atoms with Crippen LogP contribution in [0, 0.1) is 11.7 Å². The second-order valence-electron chi connectivity index (χ2n) is 9.69. The second kappa shape index (κ2) is 13.3. The van der Waals surface area contributed by atoms with Crippen LogP contribution in [-0.2, 0) is 26.0 Å². The van der Waals surface area contributed by atoms with Crippen molar-refractivity contribution in [3.05, 3.63) is 35.6 Å². The zero-order chi connectivity index (χ0) is 26.1. The molecular formula is C25H39FN4O5S. The normalized spacial score (nSPS) is 23.7. The summed E-state index contributed by atoms with van der Waals surface area (Å²) in [6.07, 6.45) is 4.39. The molecular weight excluding hydrogens is 487 g/mol. The van der Waals surface area contributed by atoms with Crippen LogP contribution in [0.15, 0.2) is 24.3 Å². The number of amides is 2. The number of carbonyl (C=O) groups excluding carboxylic acids is 2. The molecule has 1 aliphatic carbocycles. The minimum absolute atomic E-state index is 0.0510. The molecule has 1 aliphatic heterocycles. The summed E-state index contributed by atoms with van der Waals surface area (Å²) >= 11 is 0. The Morgan fingerprint density at radius 3 is 2.67 bits per heavy atom. The van der Waals surface area contributed by atoms with Crippen LogP contribution in [0.5, 0.6) is 0 Å². The van der Waals surface area contributed by atoms with Gasteiger partial charge >= 0.3 is 6.09 Å². The Balaban J connectivity index is 1.61. The third-order valence-electron chi connectivity index (χ3n) is 7.12. The molecule has 1 heterocycles. The lowest BCUT2D eigenvalue weighted by atomic mass is 9.94. The molecule has 2 aliphatic rings. The van der Waals surface area contributed by atoms with E-state index in [2.05, 4.69) is 20.7 Å². The van der Waals surface area contributed by atoms with Crippen molar-refractivity contribution in [1.82, 2.24) is 20.3 Å². The van der Waals surface area contributed by atoms with E-state index in [9.17, 15) is 22.4 Å². The van der Waals surface area contributed by atoms with E-state index in [0.29, 0.717) is 31.6 Å². The van der Waals surface area contributed by atoms with Crippen LogP contribution in [0.2, 0.25) is 0 Å². The summed E-state index contributed by atoms with van der Waals surface area (Å²) in [6.45, 7) is 3.65. The van der Waals surface area contributed by atoms with Crippen LogP contribution >= 0.6 is 0 Å².